The SMILES string of the molecule is CC(C)[C@@H](C)[C@@H]1O[C@H]1[C@@]1(O)CC=C[C@@]23CCO[C@@]45CC[C@H]1[C@@]24CCc1cc(O)cc(c1)N1C[C@]24[C@H](C=C6C=C[C@@H]7C[C@@H](CSS[C@H](O)[C@@]89C[C@@H](O)[C@](O)(CO)C[C@]8(C)[C@@H](C3)C5=CC9=O)[C@]2(C1=O)[C@@]6(CO)C7)C[C@H]1[C@]4(O)C=CC2=C[C@H]3CCCC[C@@]34N[C@]21C[C@@H]1C=C2C=CCO[C@@H]2C[C@H]14. The average Bonchev–Trinajstić information content (AvgIpc) is 1.41. The summed E-state index contributed by atoms with van der Waals surface area (Å²) in [4.78, 5) is 36.5. The number of fused-ring (bicyclic) bond motifs is 5. The van der Waals surface area contributed by atoms with Gasteiger partial charge in [-0.05, 0) is 207 Å². The molecule has 21 aliphatic rings. The van der Waals surface area contributed by atoms with Crippen molar-refractivity contribution in [2.45, 2.75) is 207 Å². The van der Waals surface area contributed by atoms with Crippen LogP contribution in [0.2, 0.25) is 0 Å². The Balaban J connectivity index is 0.796. The Morgan fingerprint density at radius 2 is 1.68 bits per heavy atom. The first-order valence-corrected chi connectivity index (χ1v) is 40.3. The van der Waals surface area contributed by atoms with E-state index < -0.39 is 114 Å². The highest BCUT2D eigenvalue weighted by atomic mass is 33.1. The van der Waals surface area contributed by atoms with Gasteiger partial charge in [-0.2, -0.15) is 0 Å². The summed E-state index contributed by atoms with van der Waals surface area (Å²) in [6, 6.07) is 5.66. The Hall–Kier alpha value is -3.66. The Morgan fingerprint density at radius 1 is 0.837 bits per heavy atom. The molecule has 524 valence electrons. The first kappa shape index (κ1) is 64.0. The van der Waals surface area contributed by atoms with E-state index in [2.05, 4.69) is 99.0 Å². The molecule has 9 aliphatic heterocycles. The second kappa shape index (κ2) is 20.4. The zero-order valence-electron chi connectivity index (χ0n) is 57.3. The number of hydrogen-bond acceptors (Lipinski definition) is 16. The first-order valence-electron chi connectivity index (χ1n) is 38.0. The molecule has 1 aromatic carbocycles. The molecular weight excluding hydrogens is 1270 g/mol. The summed E-state index contributed by atoms with van der Waals surface area (Å²) >= 11 is 0. The van der Waals surface area contributed by atoms with Crippen LogP contribution in [0.15, 0.2) is 113 Å². The van der Waals surface area contributed by atoms with Gasteiger partial charge in [0.25, 0.3) is 0 Å². The van der Waals surface area contributed by atoms with Crippen molar-refractivity contribution in [1.29, 1.82) is 0 Å². The van der Waals surface area contributed by atoms with E-state index in [0.29, 0.717) is 107 Å². The number of aliphatic hydroxyl groups is 7. The molecule has 1 amide bonds. The minimum Gasteiger partial charge on any atom is -0.508 e. The number of ketones is 1. The summed E-state index contributed by atoms with van der Waals surface area (Å²) in [5.41, 5.74) is -11.5. The number of phenols is 1. The monoisotopic (exact) mass is 1370 g/mol. The molecule has 12 aliphatic carbocycles. The maximum absolute atomic E-state index is 17.9. The number of aromatic hydroxyl groups is 1. The van der Waals surface area contributed by atoms with Gasteiger partial charge in [0.05, 0.1) is 65.7 Å². The van der Waals surface area contributed by atoms with Gasteiger partial charge in [0.1, 0.15) is 28.5 Å². The van der Waals surface area contributed by atoms with Gasteiger partial charge in [-0.3, -0.25) is 9.59 Å². The normalized spacial score (nSPS) is 54.6. The molecule has 0 radical (unpaired) electrons. The van der Waals surface area contributed by atoms with Crippen LogP contribution in [0.4, 0.5) is 5.69 Å². The number of piperidine rings is 1. The Morgan fingerprint density at radius 3 is 2.51 bits per heavy atom. The lowest BCUT2D eigenvalue weighted by Crippen LogP contribution is -2.79. The zero-order chi connectivity index (χ0) is 67.3. The van der Waals surface area contributed by atoms with E-state index in [1.54, 1.807) is 12.1 Å². The smallest absolute Gasteiger partial charge is 0.235 e. The Kier molecular flexibility index (Phi) is 13.3. The predicted molar refractivity (Wildman–Crippen MR) is 371 cm³/mol. The molecule has 9 heterocycles. The lowest BCUT2D eigenvalue weighted by molar-refractivity contribution is -0.274. The largest absolute Gasteiger partial charge is 0.508 e. The van der Waals surface area contributed by atoms with Crippen LogP contribution in [0.3, 0.4) is 0 Å². The molecule has 6 spiro atoms. The van der Waals surface area contributed by atoms with Crippen molar-refractivity contribution in [2.24, 2.45) is 103 Å². The van der Waals surface area contributed by atoms with Crippen molar-refractivity contribution < 1.29 is 64.7 Å². The van der Waals surface area contributed by atoms with Crippen molar-refractivity contribution in [1.82, 2.24) is 5.32 Å². The van der Waals surface area contributed by atoms with E-state index in [-0.39, 0.29) is 84.9 Å². The molecule has 0 unspecified atom stereocenters. The average molecular weight is 1370 g/mol. The van der Waals surface area contributed by atoms with Gasteiger partial charge in [0.2, 0.25) is 5.91 Å². The Labute approximate surface area is 583 Å². The fraction of sp³-hybridized carbons (Fsp3) is 0.704. The van der Waals surface area contributed by atoms with E-state index in [1.807, 2.05) is 17.9 Å². The number of amides is 1. The number of aliphatic hydroxyl groups excluding tert-OH is 4. The van der Waals surface area contributed by atoms with Crippen molar-refractivity contribution in [3.05, 3.63) is 119 Å². The molecule has 10 fully saturated rings. The summed E-state index contributed by atoms with van der Waals surface area (Å²) in [7, 11) is 2.62. The quantitative estimate of drug-likeness (QED) is 0.0757. The van der Waals surface area contributed by atoms with Crippen LogP contribution in [0.1, 0.15) is 142 Å². The molecule has 98 heavy (non-hydrogen) atoms. The highest BCUT2D eigenvalue weighted by molar-refractivity contribution is 8.76. The summed E-state index contributed by atoms with van der Waals surface area (Å²) < 4.78 is 20.9. The molecule has 17 heteroatoms. The number of nitrogens with zero attached hydrogens (tertiary/aromatic N) is 1. The highest BCUT2D eigenvalue weighted by Gasteiger charge is 2.89. The minimum atomic E-state index is -2.02. The topological polar surface area (TPSA) is 242 Å². The number of carbonyl (C=O) groups excluding carboxylic acids is 2. The zero-order valence-corrected chi connectivity index (χ0v) is 58.9. The van der Waals surface area contributed by atoms with Gasteiger partial charge < -0.3 is 65.3 Å². The third-order valence-electron chi connectivity index (χ3n) is 33.4. The molecule has 14 bridgehead atoms. The number of anilines is 1. The van der Waals surface area contributed by atoms with Crippen molar-refractivity contribution in [3.8, 4) is 5.75 Å². The number of hydrogen-bond donors (Lipinski definition) is 9. The van der Waals surface area contributed by atoms with Crippen LogP contribution < -0.4 is 10.2 Å². The highest BCUT2D eigenvalue weighted by Crippen LogP contribution is 2.85. The predicted octanol–water partition coefficient (Wildman–Crippen LogP) is 9.62. The van der Waals surface area contributed by atoms with Crippen LogP contribution in [0.5, 0.6) is 5.75 Å². The molecule has 15 nitrogen and oxygen atoms in total. The third-order valence-corrected chi connectivity index (χ3v) is 36.1. The van der Waals surface area contributed by atoms with Crippen LogP contribution in [0.25, 0.3) is 0 Å². The maximum Gasteiger partial charge on any atom is 0.235 e. The number of phenolic OH excluding ortho intramolecular Hbond substituents is 1. The van der Waals surface area contributed by atoms with Gasteiger partial charge in [-0.1, -0.05) is 129 Å². The van der Waals surface area contributed by atoms with E-state index in [0.717, 1.165) is 55.2 Å². The Bertz CT molecular complexity index is 3960. The lowest BCUT2D eigenvalue weighted by atomic mass is 9.33. The van der Waals surface area contributed by atoms with Crippen molar-refractivity contribution >= 4 is 39.0 Å². The van der Waals surface area contributed by atoms with Crippen LogP contribution in [-0.2, 0) is 30.2 Å². The fourth-order valence-corrected chi connectivity index (χ4v) is 32.5. The van der Waals surface area contributed by atoms with Crippen molar-refractivity contribution in [3.63, 3.8) is 0 Å². The van der Waals surface area contributed by atoms with Crippen molar-refractivity contribution in [2.75, 3.05) is 43.6 Å². The first-order chi connectivity index (χ1) is 46.9. The second-order valence-electron chi connectivity index (χ2n) is 36.3. The van der Waals surface area contributed by atoms with E-state index in [1.165, 1.54) is 32.7 Å². The summed E-state index contributed by atoms with van der Waals surface area (Å²) in [6.45, 7) is 8.64. The molecule has 4 saturated heterocycles. The number of rotatable bonds is 5. The van der Waals surface area contributed by atoms with E-state index in [4.69, 9.17) is 14.2 Å². The third kappa shape index (κ3) is 7.10. The van der Waals surface area contributed by atoms with E-state index in [9.17, 15) is 35.7 Å². The van der Waals surface area contributed by atoms with E-state index >= 15 is 14.7 Å². The van der Waals surface area contributed by atoms with Gasteiger partial charge in [-0.25, -0.2) is 0 Å². The summed E-state index contributed by atoms with van der Waals surface area (Å²) in [6.07, 6.45) is 35.5. The number of aryl methyl sites for hydroxylation is 1. The second-order valence-corrected chi connectivity index (χ2v) is 38.8. The summed E-state index contributed by atoms with van der Waals surface area (Å²) in [5.74, 6) is -1.16. The van der Waals surface area contributed by atoms with Gasteiger partial charge in [-0.15, -0.1) is 0 Å². The number of carbonyl (C=O) groups is 2. The molecule has 1 aromatic rings. The number of epoxide rings is 1. The lowest BCUT2D eigenvalue weighted by Gasteiger charge is -2.73. The fourth-order valence-electron chi connectivity index (χ4n) is 29.5. The number of ether oxygens (including phenoxy) is 3. The number of benzene rings is 1. The van der Waals surface area contributed by atoms with Crippen LogP contribution in [-0.4, -0.2) is 155 Å². The minimum absolute atomic E-state index is 0.00487. The summed E-state index contributed by atoms with van der Waals surface area (Å²) in [5, 5.41) is 110. The molecule has 0 aromatic heterocycles. The maximum atomic E-state index is 17.9. The standard InChI is InChI=1S/C81H100N2O13S2/c1-44(2)45(3)65-66(96-65)76(92)18-8-16-70-22-24-95-80-21-15-61(76)77(70,80)19-13-46-26-55(32-56(86)27-46)83-41-78-53(31-62-75-36-49-28-48-9-7-23-94-60(48)33-57(49)74(82-75)17-6-5-10-51(74)30-52(75)14-20-79(62,78)93)29-50-12-11-47-25-54(81(78,67(83)89)71(50,35-47)42-84)39-97-98-68(90)73-38-64(88)72(91,43-85)40-69(73,4)59(37-70)58(80)34-63(73)87/h7-9,11-12,14,16,20,26-30,32,34,44-45,47,49,51,53-54,57,59-62,64-66,68,82,84-86,88,90-93H,5-6,10,13,15,17-19,21-25,31,33,35-43H2,1-4H3/t45-,47-,49+,51-,53-,54+,57-,59+,60-,61-,62-,64-,65+,66-,68+,69-,70+,71-,72-,73+,74-,75-,76-,77+,78-,79-,80-,81+/m1/s1. The number of nitrogens with one attached hydrogen (secondary N) is 1. The van der Waals surface area contributed by atoms with Gasteiger partial charge in [0.15, 0.2) is 5.78 Å². The number of allylic oxidation sites excluding steroid dienone is 6. The molecule has 9 N–H and O–H groups in total. The molecule has 28 atom stereocenters. The van der Waals surface area contributed by atoms with Gasteiger partial charge >= 0.3 is 0 Å². The molecule has 6 saturated carbocycles. The molecule has 22 rings (SSSR count). The van der Waals surface area contributed by atoms with Gasteiger partial charge in [0, 0.05) is 69.7 Å². The molecular formula is C81H100N2O13S2. The van der Waals surface area contributed by atoms with Crippen LogP contribution >= 0.6 is 21.6 Å². The van der Waals surface area contributed by atoms with Crippen LogP contribution in [0, 0.1) is 103 Å².